The molecule has 0 saturated heterocycles. The first-order valence-electron chi connectivity index (χ1n) is 8.05. The van der Waals surface area contributed by atoms with Gasteiger partial charge < -0.3 is 4.74 Å². The first kappa shape index (κ1) is 20.9. The average molecular weight is 401 g/mol. The molecule has 1 N–H and O–H groups in total. The number of hydrogen-bond acceptors (Lipinski definition) is 4. The number of hydrogen-bond donors (Lipinski definition) is 1. The number of carbonyl (C=O) groups is 1. The number of rotatable bonds is 8. The standard InChI is InChI=1S/C18H18F3NO4S/c19-18(20,21)15-9-4-10-16(12-15)27(24,25)22-13-17(23)26-11-5-8-14-6-2-1-3-7-14/h1-4,6-7,9-10,12,22H,5,8,11,13H2. The second-order valence-corrected chi connectivity index (χ2v) is 7.43. The first-order valence-corrected chi connectivity index (χ1v) is 9.53. The molecule has 0 atom stereocenters. The van der Waals surface area contributed by atoms with E-state index in [1.165, 1.54) is 0 Å². The fourth-order valence-corrected chi connectivity index (χ4v) is 3.25. The SMILES string of the molecule is O=C(CNS(=O)(=O)c1cccc(C(F)(F)F)c1)OCCCc1ccccc1. The Bertz CT molecular complexity index is 868. The summed E-state index contributed by atoms with van der Waals surface area (Å²) in [6.07, 6.45) is -3.40. The number of sulfonamides is 1. The average Bonchev–Trinajstić information content (AvgIpc) is 2.64. The molecule has 0 fully saturated rings. The molecule has 0 heterocycles. The first-order chi connectivity index (χ1) is 12.7. The summed E-state index contributed by atoms with van der Waals surface area (Å²) < 4.78 is 69.0. The van der Waals surface area contributed by atoms with Crippen molar-refractivity contribution in [2.45, 2.75) is 23.9 Å². The highest BCUT2D eigenvalue weighted by Gasteiger charge is 2.31. The highest BCUT2D eigenvalue weighted by Crippen LogP contribution is 2.30. The summed E-state index contributed by atoms with van der Waals surface area (Å²) in [5.41, 5.74) is -0.00679. The van der Waals surface area contributed by atoms with Crippen LogP contribution in [0.3, 0.4) is 0 Å². The van der Waals surface area contributed by atoms with Crippen molar-refractivity contribution in [3.05, 3.63) is 65.7 Å². The number of carbonyl (C=O) groups excluding carboxylic acids is 1. The Morgan fingerprint density at radius 2 is 1.74 bits per heavy atom. The minimum absolute atomic E-state index is 0.110. The third-order valence-electron chi connectivity index (χ3n) is 3.59. The summed E-state index contributed by atoms with van der Waals surface area (Å²) in [6.45, 7) is -0.553. The summed E-state index contributed by atoms with van der Waals surface area (Å²) in [5, 5.41) is 0. The third kappa shape index (κ3) is 6.69. The molecule has 0 spiro atoms. The second kappa shape index (κ2) is 9.01. The van der Waals surface area contributed by atoms with Crippen LogP contribution >= 0.6 is 0 Å². The predicted octanol–water partition coefficient (Wildman–Crippen LogP) is 3.16. The molecule has 0 aliphatic carbocycles. The lowest BCUT2D eigenvalue weighted by atomic mass is 10.1. The Morgan fingerprint density at radius 1 is 1.04 bits per heavy atom. The van der Waals surface area contributed by atoms with Crippen molar-refractivity contribution in [1.82, 2.24) is 4.72 Å². The zero-order valence-electron chi connectivity index (χ0n) is 14.2. The van der Waals surface area contributed by atoms with Crippen molar-refractivity contribution in [3.63, 3.8) is 0 Å². The quantitative estimate of drug-likeness (QED) is 0.545. The van der Waals surface area contributed by atoms with Crippen LogP contribution in [0.4, 0.5) is 13.2 Å². The highest BCUT2D eigenvalue weighted by atomic mass is 32.2. The molecule has 0 amide bonds. The van der Waals surface area contributed by atoms with Crippen molar-refractivity contribution in [1.29, 1.82) is 0 Å². The summed E-state index contributed by atoms with van der Waals surface area (Å²) in [7, 11) is -4.26. The summed E-state index contributed by atoms with van der Waals surface area (Å²) in [5.74, 6) is -0.807. The van der Waals surface area contributed by atoms with Gasteiger partial charge in [-0.2, -0.15) is 17.9 Å². The van der Waals surface area contributed by atoms with Crippen LogP contribution in [0.5, 0.6) is 0 Å². The number of halogens is 3. The van der Waals surface area contributed by atoms with Crippen LogP contribution in [0.1, 0.15) is 17.5 Å². The van der Waals surface area contributed by atoms with E-state index in [2.05, 4.69) is 0 Å². The Hall–Kier alpha value is -2.39. The van der Waals surface area contributed by atoms with E-state index >= 15 is 0 Å². The molecule has 2 aromatic carbocycles. The van der Waals surface area contributed by atoms with Gasteiger partial charge in [0.1, 0.15) is 6.54 Å². The van der Waals surface area contributed by atoms with Crippen molar-refractivity contribution in [2.75, 3.05) is 13.2 Å². The molecule has 5 nitrogen and oxygen atoms in total. The van der Waals surface area contributed by atoms with Gasteiger partial charge in [-0.1, -0.05) is 36.4 Å². The third-order valence-corrected chi connectivity index (χ3v) is 4.99. The van der Waals surface area contributed by atoms with Crippen molar-refractivity contribution in [2.24, 2.45) is 0 Å². The summed E-state index contributed by atoms with van der Waals surface area (Å²) in [6, 6.07) is 12.8. The Kier molecular flexibility index (Phi) is 6.98. The predicted molar refractivity (Wildman–Crippen MR) is 92.4 cm³/mol. The van der Waals surface area contributed by atoms with Crippen LogP contribution in [-0.2, 0) is 32.2 Å². The topological polar surface area (TPSA) is 72.5 Å². The van der Waals surface area contributed by atoms with Crippen LogP contribution < -0.4 is 4.72 Å². The van der Waals surface area contributed by atoms with Gasteiger partial charge in [-0.3, -0.25) is 4.79 Å². The van der Waals surface area contributed by atoms with Crippen molar-refractivity contribution in [3.8, 4) is 0 Å². The Morgan fingerprint density at radius 3 is 2.41 bits per heavy atom. The Balaban J connectivity index is 1.81. The van der Waals surface area contributed by atoms with Gasteiger partial charge in [0.25, 0.3) is 0 Å². The number of ether oxygens (including phenoxy) is 1. The van der Waals surface area contributed by atoms with Crippen LogP contribution in [0.25, 0.3) is 0 Å². The van der Waals surface area contributed by atoms with Crippen LogP contribution in [-0.4, -0.2) is 27.5 Å². The molecule has 0 radical (unpaired) electrons. The summed E-state index contributed by atoms with van der Waals surface area (Å²) >= 11 is 0. The molecule has 0 saturated carbocycles. The molecule has 0 aromatic heterocycles. The molecular formula is C18H18F3NO4S. The van der Waals surface area contributed by atoms with E-state index in [1.807, 2.05) is 35.1 Å². The zero-order valence-corrected chi connectivity index (χ0v) is 15.0. The molecule has 0 aliphatic heterocycles. The van der Waals surface area contributed by atoms with Crippen LogP contribution in [0, 0.1) is 0 Å². The van der Waals surface area contributed by atoms with E-state index in [1.54, 1.807) is 0 Å². The lowest BCUT2D eigenvalue weighted by molar-refractivity contribution is -0.142. The minimum atomic E-state index is -4.66. The maximum absolute atomic E-state index is 12.7. The molecule has 2 aromatic rings. The number of aryl methyl sites for hydroxylation is 1. The fraction of sp³-hybridized carbons (Fsp3) is 0.278. The molecule has 146 valence electrons. The van der Waals surface area contributed by atoms with Crippen LogP contribution in [0.15, 0.2) is 59.5 Å². The molecule has 0 aliphatic rings. The maximum Gasteiger partial charge on any atom is 0.416 e. The lowest BCUT2D eigenvalue weighted by Gasteiger charge is -2.10. The second-order valence-electron chi connectivity index (χ2n) is 5.66. The van der Waals surface area contributed by atoms with Gasteiger partial charge in [0.05, 0.1) is 17.1 Å². The highest BCUT2D eigenvalue weighted by molar-refractivity contribution is 7.89. The van der Waals surface area contributed by atoms with E-state index in [9.17, 15) is 26.4 Å². The van der Waals surface area contributed by atoms with Gasteiger partial charge in [-0.05, 0) is 36.6 Å². The maximum atomic E-state index is 12.7. The van der Waals surface area contributed by atoms with Crippen molar-refractivity contribution >= 4 is 16.0 Å². The van der Waals surface area contributed by atoms with Crippen LogP contribution in [0.2, 0.25) is 0 Å². The molecule has 0 unspecified atom stereocenters. The van der Waals surface area contributed by atoms with Gasteiger partial charge in [0, 0.05) is 0 Å². The smallest absolute Gasteiger partial charge is 0.416 e. The van der Waals surface area contributed by atoms with Gasteiger partial charge in [0.2, 0.25) is 10.0 Å². The largest absolute Gasteiger partial charge is 0.465 e. The molecule has 2 rings (SSSR count). The van der Waals surface area contributed by atoms with E-state index in [0.29, 0.717) is 18.9 Å². The normalized spacial score (nSPS) is 12.0. The van der Waals surface area contributed by atoms with E-state index in [-0.39, 0.29) is 6.61 Å². The zero-order chi connectivity index (χ0) is 19.9. The monoisotopic (exact) mass is 401 g/mol. The van der Waals surface area contributed by atoms with Gasteiger partial charge in [0.15, 0.2) is 0 Å². The van der Waals surface area contributed by atoms with E-state index in [0.717, 1.165) is 23.8 Å². The molecule has 27 heavy (non-hydrogen) atoms. The van der Waals surface area contributed by atoms with Gasteiger partial charge in [-0.25, -0.2) is 8.42 Å². The molecule has 9 heteroatoms. The van der Waals surface area contributed by atoms with E-state index in [4.69, 9.17) is 4.74 Å². The van der Waals surface area contributed by atoms with Gasteiger partial charge in [-0.15, -0.1) is 0 Å². The number of benzene rings is 2. The number of esters is 1. The van der Waals surface area contributed by atoms with E-state index < -0.39 is 39.2 Å². The fourth-order valence-electron chi connectivity index (χ4n) is 2.23. The lowest BCUT2D eigenvalue weighted by Crippen LogP contribution is -2.31. The number of nitrogens with one attached hydrogen (secondary N) is 1. The van der Waals surface area contributed by atoms with Gasteiger partial charge >= 0.3 is 12.1 Å². The summed E-state index contributed by atoms with van der Waals surface area (Å²) in [4.78, 5) is 11.1. The Labute approximate surface area is 155 Å². The number of alkyl halides is 3. The minimum Gasteiger partial charge on any atom is -0.465 e. The molecule has 0 bridgehead atoms. The molecular weight excluding hydrogens is 383 g/mol. The van der Waals surface area contributed by atoms with Crippen molar-refractivity contribution < 1.29 is 31.1 Å².